The minimum absolute atomic E-state index is 0.0735. The van der Waals surface area contributed by atoms with Gasteiger partial charge in [-0.3, -0.25) is 4.79 Å². The third-order valence-electron chi connectivity index (χ3n) is 4.26. The van der Waals surface area contributed by atoms with Crippen LogP contribution in [0.2, 0.25) is 0 Å². The summed E-state index contributed by atoms with van der Waals surface area (Å²) < 4.78 is 0. The maximum atomic E-state index is 12.9. The molecular formula is C16H21N3OS. The average molecular weight is 303 g/mol. The van der Waals surface area contributed by atoms with Crippen molar-refractivity contribution >= 4 is 33.1 Å². The fourth-order valence-electron chi connectivity index (χ4n) is 3.12. The van der Waals surface area contributed by atoms with Gasteiger partial charge < -0.3 is 10.6 Å². The molecule has 0 spiro atoms. The van der Waals surface area contributed by atoms with Gasteiger partial charge in [-0.2, -0.15) is 0 Å². The highest BCUT2D eigenvalue weighted by Gasteiger charge is 2.33. The fraction of sp³-hybridized carbons (Fsp3) is 0.500. The number of aromatic nitrogens is 1. The SMILES string of the molecule is Cc1ccc2c(N)c(C(=O)N3CCCC3C(C)C)sc2n1. The Labute approximate surface area is 129 Å². The molecule has 1 aliphatic rings. The van der Waals surface area contributed by atoms with Gasteiger partial charge in [0.15, 0.2) is 0 Å². The number of hydrogen-bond acceptors (Lipinski definition) is 4. The van der Waals surface area contributed by atoms with E-state index in [4.69, 9.17) is 5.73 Å². The number of nitrogens with zero attached hydrogens (tertiary/aromatic N) is 2. The lowest BCUT2D eigenvalue weighted by atomic mass is 10.0. The van der Waals surface area contributed by atoms with Crippen LogP contribution in [0.25, 0.3) is 10.2 Å². The smallest absolute Gasteiger partial charge is 0.266 e. The van der Waals surface area contributed by atoms with E-state index < -0.39 is 0 Å². The lowest BCUT2D eigenvalue weighted by Gasteiger charge is -2.27. The number of amides is 1. The van der Waals surface area contributed by atoms with Crippen LogP contribution in [0, 0.1) is 12.8 Å². The number of nitrogens with two attached hydrogens (primary N) is 1. The Morgan fingerprint density at radius 1 is 1.48 bits per heavy atom. The summed E-state index contributed by atoms with van der Waals surface area (Å²) >= 11 is 1.42. The predicted octanol–water partition coefficient (Wildman–Crippen LogP) is 3.45. The van der Waals surface area contributed by atoms with E-state index >= 15 is 0 Å². The predicted molar refractivity (Wildman–Crippen MR) is 87.7 cm³/mol. The number of aryl methyl sites for hydroxylation is 1. The Balaban J connectivity index is 2.00. The monoisotopic (exact) mass is 303 g/mol. The summed E-state index contributed by atoms with van der Waals surface area (Å²) in [5.74, 6) is 0.553. The number of carbonyl (C=O) groups excluding carboxylic acids is 1. The number of hydrogen-bond donors (Lipinski definition) is 1. The van der Waals surface area contributed by atoms with Gasteiger partial charge in [-0.15, -0.1) is 11.3 Å². The highest BCUT2D eigenvalue weighted by Crippen LogP contribution is 2.35. The van der Waals surface area contributed by atoms with Crippen molar-refractivity contribution in [2.75, 3.05) is 12.3 Å². The lowest BCUT2D eigenvalue weighted by molar-refractivity contribution is 0.0707. The van der Waals surface area contributed by atoms with Gasteiger partial charge in [0.05, 0.1) is 5.69 Å². The van der Waals surface area contributed by atoms with Crippen molar-refractivity contribution in [3.63, 3.8) is 0 Å². The highest BCUT2D eigenvalue weighted by molar-refractivity contribution is 7.21. The fourth-order valence-corrected chi connectivity index (χ4v) is 4.21. The number of thiophene rings is 1. The van der Waals surface area contributed by atoms with Crippen molar-refractivity contribution in [1.82, 2.24) is 9.88 Å². The first-order chi connectivity index (χ1) is 9.99. The summed E-state index contributed by atoms with van der Waals surface area (Å²) in [6, 6.07) is 4.23. The molecule has 5 heteroatoms. The number of anilines is 1. The zero-order valence-corrected chi connectivity index (χ0v) is 13.5. The number of nitrogen functional groups attached to an aromatic ring is 1. The molecule has 2 aromatic heterocycles. The maximum absolute atomic E-state index is 12.9. The molecule has 3 rings (SSSR count). The normalized spacial score (nSPS) is 18.9. The molecule has 1 atom stereocenters. The number of fused-ring (bicyclic) bond motifs is 1. The van der Waals surface area contributed by atoms with Gasteiger partial charge in [-0.1, -0.05) is 13.8 Å². The minimum Gasteiger partial charge on any atom is -0.397 e. The Bertz CT molecular complexity index is 692. The van der Waals surface area contributed by atoms with Crippen LogP contribution in [-0.4, -0.2) is 28.4 Å². The third-order valence-corrected chi connectivity index (χ3v) is 5.36. The van der Waals surface area contributed by atoms with Gasteiger partial charge >= 0.3 is 0 Å². The molecule has 0 aromatic carbocycles. The van der Waals surface area contributed by atoms with E-state index in [1.165, 1.54) is 11.3 Å². The second-order valence-corrected chi connectivity index (χ2v) is 7.10. The zero-order chi connectivity index (χ0) is 15.1. The Kier molecular flexibility index (Phi) is 3.61. The standard InChI is InChI=1S/C16H21N3OS/c1-9(2)12-5-4-8-19(12)16(20)14-13(17)11-7-6-10(3)18-15(11)21-14/h6-7,9,12H,4-5,8,17H2,1-3H3. The second kappa shape index (κ2) is 5.30. The molecule has 2 N–H and O–H groups in total. The summed E-state index contributed by atoms with van der Waals surface area (Å²) in [7, 11) is 0. The van der Waals surface area contributed by atoms with Crippen LogP contribution in [0.15, 0.2) is 12.1 Å². The zero-order valence-electron chi connectivity index (χ0n) is 12.7. The van der Waals surface area contributed by atoms with E-state index in [0.717, 1.165) is 35.3 Å². The van der Waals surface area contributed by atoms with Gasteiger partial charge in [0, 0.05) is 23.7 Å². The summed E-state index contributed by atoms with van der Waals surface area (Å²) in [6.45, 7) is 7.14. The lowest BCUT2D eigenvalue weighted by Crippen LogP contribution is -2.38. The molecule has 0 radical (unpaired) electrons. The van der Waals surface area contributed by atoms with Crippen molar-refractivity contribution in [2.45, 2.75) is 39.7 Å². The Morgan fingerprint density at radius 2 is 2.24 bits per heavy atom. The molecule has 1 unspecified atom stereocenters. The third kappa shape index (κ3) is 2.39. The maximum Gasteiger partial charge on any atom is 0.266 e. The number of carbonyl (C=O) groups is 1. The first kappa shape index (κ1) is 14.3. The van der Waals surface area contributed by atoms with E-state index in [1.807, 2.05) is 24.0 Å². The number of likely N-dealkylation sites (tertiary alicyclic amines) is 1. The summed E-state index contributed by atoms with van der Waals surface area (Å²) in [5, 5.41) is 0.897. The van der Waals surface area contributed by atoms with E-state index in [-0.39, 0.29) is 5.91 Å². The molecule has 3 heterocycles. The minimum atomic E-state index is 0.0735. The summed E-state index contributed by atoms with van der Waals surface area (Å²) in [5.41, 5.74) is 7.74. The molecule has 0 saturated carbocycles. The van der Waals surface area contributed by atoms with Gasteiger partial charge in [0.25, 0.3) is 5.91 Å². The van der Waals surface area contributed by atoms with E-state index in [9.17, 15) is 4.79 Å². The topological polar surface area (TPSA) is 59.2 Å². The molecule has 0 bridgehead atoms. The molecule has 21 heavy (non-hydrogen) atoms. The highest BCUT2D eigenvalue weighted by atomic mass is 32.1. The Hall–Kier alpha value is -1.62. The van der Waals surface area contributed by atoms with Crippen molar-refractivity contribution < 1.29 is 4.79 Å². The van der Waals surface area contributed by atoms with Crippen molar-refractivity contribution in [2.24, 2.45) is 5.92 Å². The van der Waals surface area contributed by atoms with Crippen molar-refractivity contribution in [3.8, 4) is 0 Å². The molecule has 1 aliphatic heterocycles. The molecular weight excluding hydrogens is 282 g/mol. The summed E-state index contributed by atoms with van der Waals surface area (Å²) in [4.78, 5) is 20.9. The van der Waals surface area contributed by atoms with Crippen LogP contribution in [0.3, 0.4) is 0 Å². The van der Waals surface area contributed by atoms with Crippen LogP contribution in [0.5, 0.6) is 0 Å². The first-order valence-corrected chi connectivity index (χ1v) is 8.27. The molecule has 1 saturated heterocycles. The number of pyridine rings is 1. The average Bonchev–Trinajstić information content (AvgIpc) is 3.03. The van der Waals surface area contributed by atoms with Gasteiger partial charge in [-0.25, -0.2) is 4.98 Å². The molecule has 0 aliphatic carbocycles. The van der Waals surface area contributed by atoms with Crippen LogP contribution >= 0.6 is 11.3 Å². The van der Waals surface area contributed by atoms with Crippen molar-refractivity contribution in [1.29, 1.82) is 0 Å². The van der Waals surface area contributed by atoms with E-state index in [0.29, 0.717) is 22.5 Å². The van der Waals surface area contributed by atoms with E-state index in [2.05, 4.69) is 18.8 Å². The Morgan fingerprint density at radius 3 is 2.95 bits per heavy atom. The second-order valence-electron chi connectivity index (χ2n) is 6.10. The van der Waals surface area contributed by atoms with Gasteiger partial charge in [0.1, 0.15) is 9.71 Å². The molecule has 2 aromatic rings. The summed E-state index contributed by atoms with van der Waals surface area (Å²) in [6.07, 6.45) is 2.17. The number of rotatable bonds is 2. The van der Waals surface area contributed by atoms with Gasteiger partial charge in [-0.05, 0) is 37.8 Å². The van der Waals surface area contributed by atoms with Gasteiger partial charge in [0.2, 0.25) is 0 Å². The van der Waals surface area contributed by atoms with Crippen LogP contribution < -0.4 is 5.73 Å². The molecule has 1 amide bonds. The first-order valence-electron chi connectivity index (χ1n) is 7.45. The molecule has 4 nitrogen and oxygen atoms in total. The van der Waals surface area contributed by atoms with Crippen LogP contribution in [0.4, 0.5) is 5.69 Å². The van der Waals surface area contributed by atoms with Crippen molar-refractivity contribution in [3.05, 3.63) is 22.7 Å². The van der Waals surface area contributed by atoms with Crippen LogP contribution in [-0.2, 0) is 0 Å². The van der Waals surface area contributed by atoms with Crippen LogP contribution in [0.1, 0.15) is 42.1 Å². The molecule has 1 fully saturated rings. The quantitative estimate of drug-likeness (QED) is 0.924. The largest absolute Gasteiger partial charge is 0.397 e. The van der Waals surface area contributed by atoms with E-state index in [1.54, 1.807) is 0 Å². The molecule has 112 valence electrons.